The number of likely N-dealkylation sites (tertiary alicyclic amines) is 1. The molecule has 0 saturated carbocycles. The Balaban J connectivity index is 0.00000408. The first kappa shape index (κ1) is 28.7. The molecule has 1 aliphatic rings. The summed E-state index contributed by atoms with van der Waals surface area (Å²) in [5, 5.41) is 0.933. The van der Waals surface area contributed by atoms with Crippen molar-refractivity contribution in [2.75, 3.05) is 40.0 Å². The van der Waals surface area contributed by atoms with Crippen LogP contribution in [0.15, 0.2) is 42.5 Å². The van der Waals surface area contributed by atoms with Crippen LogP contribution in [-0.4, -0.2) is 57.4 Å². The molecule has 2 N–H and O–H groups in total. The van der Waals surface area contributed by atoms with E-state index in [1.165, 1.54) is 0 Å². The molecule has 6 nitrogen and oxygen atoms in total. The fourth-order valence-corrected chi connectivity index (χ4v) is 4.68. The number of nitrogens with two attached hydrogens (primary N) is 1. The number of ether oxygens (including phenoxy) is 3. The number of piperidine rings is 1. The third-order valence-electron chi connectivity index (χ3n) is 5.90. The van der Waals surface area contributed by atoms with Crippen LogP contribution in [0.5, 0.6) is 11.5 Å². The van der Waals surface area contributed by atoms with Crippen LogP contribution in [0.4, 0.5) is 0 Å². The second-order valence-corrected chi connectivity index (χ2v) is 9.16. The van der Waals surface area contributed by atoms with Crippen LogP contribution in [0, 0.1) is 11.8 Å². The van der Waals surface area contributed by atoms with Gasteiger partial charge in [0.25, 0.3) is 0 Å². The number of rotatable bonds is 12. The minimum Gasteiger partial charge on any atom is -0.490 e. The summed E-state index contributed by atoms with van der Waals surface area (Å²) in [6, 6.07) is 12.9. The lowest BCUT2D eigenvalue weighted by Crippen LogP contribution is -2.52. The van der Waals surface area contributed by atoms with E-state index in [2.05, 4.69) is 4.90 Å². The van der Waals surface area contributed by atoms with E-state index < -0.39 is 0 Å². The van der Waals surface area contributed by atoms with E-state index in [0.717, 1.165) is 50.1 Å². The molecule has 0 amide bonds. The van der Waals surface area contributed by atoms with Crippen molar-refractivity contribution in [2.45, 2.75) is 25.4 Å². The van der Waals surface area contributed by atoms with Gasteiger partial charge in [0, 0.05) is 19.6 Å². The Labute approximate surface area is 218 Å². The van der Waals surface area contributed by atoms with Crippen LogP contribution in [0.3, 0.4) is 0 Å². The highest BCUT2D eigenvalue weighted by Crippen LogP contribution is 2.32. The zero-order chi connectivity index (χ0) is 23.6. The molecule has 2 aromatic carbocycles. The van der Waals surface area contributed by atoms with Crippen LogP contribution in [-0.2, 0) is 16.0 Å². The van der Waals surface area contributed by atoms with Crippen molar-refractivity contribution in [3.63, 3.8) is 0 Å². The van der Waals surface area contributed by atoms with Gasteiger partial charge in [-0.1, -0.05) is 41.4 Å². The molecule has 0 aromatic heterocycles. The van der Waals surface area contributed by atoms with Gasteiger partial charge in [0.1, 0.15) is 25.2 Å². The summed E-state index contributed by atoms with van der Waals surface area (Å²) in [5.41, 5.74) is 7.53. The number of nitrogens with zero attached hydrogens (tertiary/aromatic N) is 1. The highest BCUT2D eigenvalue weighted by molar-refractivity contribution is 6.37. The molecular weight excluding hydrogens is 499 g/mol. The van der Waals surface area contributed by atoms with E-state index in [9.17, 15) is 4.79 Å². The highest BCUT2D eigenvalue weighted by atomic mass is 35.5. The second kappa shape index (κ2) is 14.8. The van der Waals surface area contributed by atoms with E-state index in [1.807, 2.05) is 24.3 Å². The number of hydrogen-bond acceptors (Lipinski definition) is 6. The molecule has 0 aliphatic carbocycles. The fourth-order valence-electron chi connectivity index (χ4n) is 4.18. The number of halogens is 3. The lowest BCUT2D eigenvalue weighted by Gasteiger charge is -2.38. The topological polar surface area (TPSA) is 74.0 Å². The SMILES string of the molecule is COCC1CCCN(C(N)C(C=O)Cc2ccc(OCCOc3c(Cl)cccc3Cl)cc2)C1.Cl. The predicted octanol–water partition coefficient (Wildman–Crippen LogP) is 4.87. The van der Waals surface area contributed by atoms with Crippen molar-refractivity contribution in [1.82, 2.24) is 4.90 Å². The largest absolute Gasteiger partial charge is 0.490 e. The van der Waals surface area contributed by atoms with Crippen LogP contribution in [0.1, 0.15) is 18.4 Å². The number of benzene rings is 2. The fraction of sp³-hybridized carbons (Fsp3) is 0.480. The minimum absolute atomic E-state index is 0. The van der Waals surface area contributed by atoms with Gasteiger partial charge in [-0.2, -0.15) is 0 Å². The third kappa shape index (κ3) is 8.29. The maximum atomic E-state index is 11.8. The van der Waals surface area contributed by atoms with Crippen LogP contribution in [0.2, 0.25) is 10.0 Å². The molecule has 3 rings (SSSR count). The highest BCUT2D eigenvalue weighted by Gasteiger charge is 2.28. The molecule has 2 aromatic rings. The molecule has 0 spiro atoms. The normalized spacial score (nSPS) is 17.9. The van der Waals surface area contributed by atoms with Crippen LogP contribution < -0.4 is 15.2 Å². The maximum absolute atomic E-state index is 11.8. The summed E-state index contributed by atoms with van der Waals surface area (Å²) in [4.78, 5) is 14.0. The van der Waals surface area contributed by atoms with Gasteiger partial charge in [-0.15, -0.1) is 12.4 Å². The number of hydrogen-bond donors (Lipinski definition) is 1. The van der Waals surface area contributed by atoms with E-state index >= 15 is 0 Å². The molecule has 1 heterocycles. The Morgan fingerprint density at radius 1 is 1.12 bits per heavy atom. The van der Waals surface area contributed by atoms with Gasteiger partial charge in [0.2, 0.25) is 0 Å². The Morgan fingerprint density at radius 3 is 2.44 bits per heavy atom. The molecule has 3 unspecified atom stereocenters. The summed E-state index contributed by atoms with van der Waals surface area (Å²) in [6.45, 7) is 3.17. The molecule has 3 atom stereocenters. The molecule has 1 aliphatic heterocycles. The molecular formula is C25H33Cl3N2O4. The van der Waals surface area contributed by atoms with Crippen molar-refractivity contribution in [3.8, 4) is 11.5 Å². The lowest BCUT2D eigenvalue weighted by molar-refractivity contribution is -0.113. The zero-order valence-corrected chi connectivity index (χ0v) is 21.7. The summed E-state index contributed by atoms with van der Waals surface area (Å²) < 4.78 is 16.7. The molecule has 0 bridgehead atoms. The first-order valence-corrected chi connectivity index (χ1v) is 12.0. The van der Waals surface area contributed by atoms with E-state index in [0.29, 0.717) is 41.3 Å². The monoisotopic (exact) mass is 530 g/mol. The molecule has 1 saturated heterocycles. The van der Waals surface area contributed by atoms with Gasteiger partial charge in [-0.3, -0.25) is 4.90 Å². The van der Waals surface area contributed by atoms with E-state index in [-0.39, 0.29) is 24.5 Å². The number of carbonyl (C=O) groups is 1. The standard InChI is InChI=1S/C25H32Cl2N2O4.ClH/c1-31-17-19-4-3-11-29(15-19)25(28)20(16-30)14-18-7-9-21(10-8-18)32-12-13-33-24-22(26)5-2-6-23(24)27;/h2,5-10,16,19-20,25H,3-4,11-15,17,28H2,1H3;1H. The maximum Gasteiger partial charge on any atom is 0.156 e. The minimum atomic E-state index is -0.299. The number of carbonyl (C=O) groups excluding carboxylic acids is 1. The second-order valence-electron chi connectivity index (χ2n) is 8.34. The van der Waals surface area contributed by atoms with Gasteiger partial charge in [0.15, 0.2) is 5.75 Å². The van der Waals surface area contributed by atoms with Crippen molar-refractivity contribution in [3.05, 3.63) is 58.1 Å². The average Bonchev–Trinajstić information content (AvgIpc) is 2.82. The Kier molecular flexibility index (Phi) is 12.5. The quantitative estimate of drug-likeness (QED) is 0.311. The summed E-state index contributed by atoms with van der Waals surface area (Å²) >= 11 is 12.2. The van der Waals surface area contributed by atoms with Gasteiger partial charge in [-0.25, -0.2) is 0 Å². The zero-order valence-electron chi connectivity index (χ0n) is 19.3. The Hall–Kier alpha value is -1.54. The predicted molar refractivity (Wildman–Crippen MR) is 139 cm³/mol. The number of para-hydroxylation sites is 1. The van der Waals surface area contributed by atoms with Crippen LogP contribution in [0.25, 0.3) is 0 Å². The van der Waals surface area contributed by atoms with Gasteiger partial charge in [-0.05, 0) is 61.6 Å². The van der Waals surface area contributed by atoms with Gasteiger partial charge in [0.05, 0.1) is 22.8 Å². The van der Waals surface area contributed by atoms with Crippen LogP contribution >= 0.6 is 35.6 Å². The summed E-state index contributed by atoms with van der Waals surface area (Å²) in [7, 11) is 1.72. The molecule has 0 radical (unpaired) electrons. The first-order chi connectivity index (χ1) is 16.0. The van der Waals surface area contributed by atoms with Gasteiger partial charge >= 0.3 is 0 Å². The van der Waals surface area contributed by atoms with E-state index in [1.54, 1.807) is 25.3 Å². The summed E-state index contributed by atoms with van der Waals surface area (Å²) in [5.74, 6) is 1.37. The molecule has 9 heteroatoms. The molecule has 34 heavy (non-hydrogen) atoms. The van der Waals surface area contributed by atoms with Crippen molar-refractivity contribution >= 4 is 41.9 Å². The third-order valence-corrected chi connectivity index (χ3v) is 6.50. The Morgan fingerprint density at radius 2 is 1.79 bits per heavy atom. The Bertz CT molecular complexity index is 863. The smallest absolute Gasteiger partial charge is 0.156 e. The number of aldehydes is 1. The van der Waals surface area contributed by atoms with Crippen molar-refractivity contribution < 1.29 is 19.0 Å². The van der Waals surface area contributed by atoms with Crippen molar-refractivity contribution in [1.29, 1.82) is 0 Å². The lowest BCUT2D eigenvalue weighted by atomic mass is 9.93. The molecule has 188 valence electrons. The number of methoxy groups -OCH3 is 1. The summed E-state index contributed by atoms with van der Waals surface area (Å²) in [6.07, 6.45) is 3.48. The molecule has 1 fully saturated rings. The van der Waals surface area contributed by atoms with Crippen molar-refractivity contribution in [2.24, 2.45) is 17.6 Å². The average molecular weight is 532 g/mol. The van der Waals surface area contributed by atoms with E-state index in [4.69, 9.17) is 43.1 Å². The first-order valence-electron chi connectivity index (χ1n) is 11.2. The van der Waals surface area contributed by atoms with Gasteiger partial charge < -0.3 is 24.7 Å².